The maximum atomic E-state index is 14.0. The number of para-hydroxylation sites is 1. The molecule has 1 fully saturated rings. The summed E-state index contributed by atoms with van der Waals surface area (Å²) in [6, 6.07) is 6.99. The van der Waals surface area contributed by atoms with Crippen molar-refractivity contribution >= 4 is 25.3 Å². The number of aromatic amines is 1. The van der Waals surface area contributed by atoms with Crippen LogP contribution in [0.5, 0.6) is 5.75 Å². The van der Waals surface area contributed by atoms with E-state index in [0.29, 0.717) is 0 Å². The van der Waals surface area contributed by atoms with Crippen molar-refractivity contribution in [2.24, 2.45) is 0 Å². The number of H-pyrrole nitrogens is 1. The summed E-state index contributed by atoms with van der Waals surface area (Å²) in [5.41, 5.74) is -1.15. The number of aryl methyl sites for hydroxylation is 1. The fourth-order valence-corrected chi connectivity index (χ4v) is 5.95. The first-order chi connectivity index (χ1) is 17.3. The largest absolute Gasteiger partial charge is 0.462 e. The number of aliphatic hydroxyl groups excluding tert-OH is 1. The van der Waals surface area contributed by atoms with Gasteiger partial charge in [-0.2, -0.15) is 5.09 Å². The highest BCUT2D eigenvalue weighted by atomic mass is 35.5. The maximum Gasteiger partial charge on any atom is 0.459 e. The second-order valence-corrected chi connectivity index (χ2v) is 11.6. The number of benzene rings is 1. The van der Waals surface area contributed by atoms with Gasteiger partial charge in [-0.25, -0.2) is 9.36 Å². The number of alkyl halides is 1. The summed E-state index contributed by atoms with van der Waals surface area (Å²) < 4.78 is 37.7. The summed E-state index contributed by atoms with van der Waals surface area (Å²) in [7, 11) is -4.39. The van der Waals surface area contributed by atoms with Crippen LogP contribution in [0.15, 0.2) is 46.1 Å². The highest BCUT2D eigenvalue weighted by Gasteiger charge is 2.57. The Labute approximate surface area is 218 Å². The number of hydrogen-bond donors (Lipinski definition) is 3. The minimum absolute atomic E-state index is 0.169. The number of halogens is 1. The zero-order chi connectivity index (χ0) is 27.5. The minimum atomic E-state index is -4.39. The van der Waals surface area contributed by atoms with E-state index < -0.39 is 67.0 Å². The van der Waals surface area contributed by atoms with E-state index in [4.69, 9.17) is 30.1 Å². The van der Waals surface area contributed by atoms with Gasteiger partial charge in [0.25, 0.3) is 5.56 Å². The number of nitrogens with one attached hydrogen (secondary N) is 2. The Balaban J connectivity index is 1.97. The van der Waals surface area contributed by atoms with E-state index in [9.17, 15) is 24.1 Å². The van der Waals surface area contributed by atoms with Crippen molar-refractivity contribution in [1.82, 2.24) is 14.6 Å². The van der Waals surface area contributed by atoms with Gasteiger partial charge in [0.1, 0.15) is 28.9 Å². The normalized spacial score (nSPS) is 26.0. The number of carbonyl (C=O) groups is 1. The molecule has 3 rings (SSSR count). The van der Waals surface area contributed by atoms with E-state index in [1.807, 2.05) is 0 Å². The lowest BCUT2D eigenvalue weighted by molar-refractivity contribution is -0.149. The van der Waals surface area contributed by atoms with Gasteiger partial charge < -0.3 is 19.1 Å². The molecule has 2 heterocycles. The number of aromatic nitrogens is 2. The number of nitrogens with zero attached hydrogens (tertiary/aromatic N) is 1. The number of aliphatic hydroxyl groups is 1. The molecule has 1 saturated heterocycles. The molecule has 0 spiro atoms. The van der Waals surface area contributed by atoms with E-state index in [2.05, 4.69) is 10.1 Å². The topological polar surface area (TPSA) is 158 Å². The van der Waals surface area contributed by atoms with Crippen molar-refractivity contribution in [2.45, 2.75) is 70.1 Å². The zero-order valence-electron chi connectivity index (χ0n) is 21.0. The highest BCUT2D eigenvalue weighted by molar-refractivity contribution is 7.52. The highest BCUT2D eigenvalue weighted by Crippen LogP contribution is 2.53. The second kappa shape index (κ2) is 11.5. The van der Waals surface area contributed by atoms with Gasteiger partial charge >= 0.3 is 19.4 Å². The lowest BCUT2D eigenvalue weighted by atomic mass is 10.0. The smallest absolute Gasteiger partial charge is 0.459 e. The average molecular weight is 560 g/mol. The van der Waals surface area contributed by atoms with Crippen molar-refractivity contribution in [1.29, 1.82) is 0 Å². The third kappa shape index (κ3) is 6.70. The molecule has 3 N–H and O–H groups in total. The van der Waals surface area contributed by atoms with Crippen molar-refractivity contribution in [3.8, 4) is 5.75 Å². The quantitative estimate of drug-likeness (QED) is 0.224. The minimum Gasteiger partial charge on any atom is -0.462 e. The van der Waals surface area contributed by atoms with Crippen LogP contribution in [0.3, 0.4) is 0 Å². The number of ether oxygens (including phenoxy) is 2. The van der Waals surface area contributed by atoms with Gasteiger partial charge in [-0.1, -0.05) is 18.2 Å². The molecule has 0 saturated carbocycles. The molecule has 204 valence electrons. The molecular formula is C23H31ClN3O9P. The molecule has 1 unspecified atom stereocenters. The summed E-state index contributed by atoms with van der Waals surface area (Å²) in [4.78, 5) is 37.4. The summed E-state index contributed by atoms with van der Waals surface area (Å²) in [6.45, 7) is 7.11. The summed E-state index contributed by atoms with van der Waals surface area (Å²) in [6.07, 6.45) is -2.84. The van der Waals surface area contributed by atoms with Crippen molar-refractivity contribution in [3.05, 3.63) is 62.9 Å². The molecule has 14 heteroatoms. The monoisotopic (exact) mass is 559 g/mol. The first kappa shape index (κ1) is 29.1. The number of esters is 1. The van der Waals surface area contributed by atoms with E-state index in [-0.39, 0.29) is 11.3 Å². The fraction of sp³-hybridized carbons (Fsp3) is 0.522. The van der Waals surface area contributed by atoms with E-state index >= 15 is 0 Å². The summed E-state index contributed by atoms with van der Waals surface area (Å²) in [5.74, 6) is -0.527. The van der Waals surface area contributed by atoms with Crippen LogP contribution in [0.4, 0.5) is 0 Å². The third-order valence-corrected chi connectivity index (χ3v) is 7.60. The predicted octanol–water partition coefficient (Wildman–Crippen LogP) is 2.23. The molecule has 1 aromatic carbocycles. The number of carbonyl (C=O) groups excluding carboxylic acids is 1. The number of hydrogen-bond acceptors (Lipinski definition) is 9. The maximum absolute atomic E-state index is 14.0. The van der Waals surface area contributed by atoms with Crippen LogP contribution < -0.4 is 20.9 Å². The van der Waals surface area contributed by atoms with Crippen molar-refractivity contribution in [3.63, 3.8) is 0 Å². The van der Waals surface area contributed by atoms with Gasteiger partial charge in [-0.3, -0.25) is 23.7 Å². The van der Waals surface area contributed by atoms with Crippen molar-refractivity contribution in [2.75, 3.05) is 6.61 Å². The van der Waals surface area contributed by atoms with Gasteiger partial charge in [0.2, 0.25) is 0 Å². The van der Waals surface area contributed by atoms with E-state index in [1.165, 1.54) is 39.1 Å². The first-order valence-electron chi connectivity index (χ1n) is 11.6. The molecule has 37 heavy (non-hydrogen) atoms. The van der Waals surface area contributed by atoms with Crippen LogP contribution in [0, 0.1) is 6.92 Å². The van der Waals surface area contributed by atoms with Crippen LogP contribution >= 0.6 is 19.3 Å². The molecule has 0 bridgehead atoms. The van der Waals surface area contributed by atoms with Crippen LogP contribution in [-0.4, -0.2) is 56.5 Å². The molecule has 0 aliphatic carbocycles. The second-order valence-electron chi connectivity index (χ2n) is 9.10. The SMILES string of the molecule is Cc1cn([C@@H]2O[C@H](CO)[C@@H](OP(=O)(N[C@@H](C)C(=O)OC(C)C)Oc3ccccc3)[C@@]2(C)Cl)c(=O)[nH]c1=O. The van der Waals surface area contributed by atoms with Crippen LogP contribution in [0.1, 0.15) is 39.5 Å². The molecule has 1 aliphatic rings. The summed E-state index contributed by atoms with van der Waals surface area (Å²) >= 11 is 6.84. The Morgan fingerprint density at radius 1 is 1.30 bits per heavy atom. The molecule has 0 radical (unpaired) electrons. The average Bonchev–Trinajstić information content (AvgIpc) is 3.05. The molecule has 1 aromatic heterocycles. The van der Waals surface area contributed by atoms with Crippen LogP contribution in [0.2, 0.25) is 0 Å². The van der Waals surface area contributed by atoms with E-state index in [1.54, 1.807) is 32.0 Å². The molecule has 2 aromatic rings. The Morgan fingerprint density at radius 2 is 1.95 bits per heavy atom. The number of rotatable bonds is 10. The lowest BCUT2D eigenvalue weighted by Gasteiger charge is -2.32. The Bertz CT molecular complexity index is 1260. The molecule has 1 aliphatic heterocycles. The van der Waals surface area contributed by atoms with Crippen LogP contribution in [-0.2, 0) is 23.4 Å². The van der Waals surface area contributed by atoms with E-state index in [0.717, 1.165) is 4.57 Å². The van der Waals surface area contributed by atoms with Gasteiger partial charge in [0.15, 0.2) is 6.23 Å². The summed E-state index contributed by atoms with van der Waals surface area (Å²) in [5, 5.41) is 12.6. The molecule has 6 atom stereocenters. The fourth-order valence-electron chi connectivity index (χ4n) is 3.75. The lowest BCUT2D eigenvalue weighted by Crippen LogP contribution is -2.46. The Hall–Kier alpha value is -2.47. The van der Waals surface area contributed by atoms with Gasteiger partial charge in [0, 0.05) is 11.8 Å². The molecule has 12 nitrogen and oxygen atoms in total. The van der Waals surface area contributed by atoms with Gasteiger partial charge in [-0.05, 0) is 46.8 Å². The standard InChI is InChI=1S/C23H31ClN3O9P/c1-13(2)33-20(30)15(4)26-37(32,35-16-9-7-6-8-10-16)36-18-17(12-28)34-21(23(18,5)24)27-11-14(3)19(29)25-22(27)31/h6-11,13,15,17-18,21,28H,12H2,1-5H3,(H,26,32)(H,25,29,31)/t15-,17+,18+,21+,23+,37?/m0/s1. The van der Waals surface area contributed by atoms with Gasteiger partial charge in [-0.15, -0.1) is 11.6 Å². The Kier molecular flexibility index (Phi) is 9.05. The zero-order valence-corrected chi connectivity index (χ0v) is 22.7. The molecular weight excluding hydrogens is 529 g/mol. The van der Waals surface area contributed by atoms with Gasteiger partial charge in [0.05, 0.1) is 12.7 Å². The molecule has 0 amide bonds. The first-order valence-corrected chi connectivity index (χ1v) is 13.5. The predicted molar refractivity (Wildman–Crippen MR) is 135 cm³/mol. The Morgan fingerprint density at radius 3 is 2.54 bits per heavy atom. The van der Waals surface area contributed by atoms with Crippen molar-refractivity contribution < 1.29 is 33.0 Å². The van der Waals surface area contributed by atoms with Crippen LogP contribution in [0.25, 0.3) is 0 Å². The third-order valence-electron chi connectivity index (χ3n) is 5.54.